The Labute approximate surface area is 184 Å². The molecule has 0 bridgehead atoms. The number of rotatable bonds is 7. The van der Waals surface area contributed by atoms with Crippen molar-refractivity contribution in [2.45, 2.75) is 39.0 Å². The van der Waals surface area contributed by atoms with Gasteiger partial charge in [-0.3, -0.25) is 0 Å². The van der Waals surface area contributed by atoms with Crippen molar-refractivity contribution in [2.75, 3.05) is 0 Å². The van der Waals surface area contributed by atoms with Crippen molar-refractivity contribution in [3.8, 4) is 19.5 Å². The van der Waals surface area contributed by atoms with Gasteiger partial charge in [-0.1, -0.05) is 56.5 Å². The van der Waals surface area contributed by atoms with Gasteiger partial charge < -0.3 is 0 Å². The summed E-state index contributed by atoms with van der Waals surface area (Å²) in [6.45, 7) is 2.28. The molecule has 5 rings (SSSR count). The number of aryl methyl sites for hydroxylation is 1. The van der Waals surface area contributed by atoms with Crippen molar-refractivity contribution < 1.29 is 0 Å². The highest BCUT2D eigenvalue weighted by molar-refractivity contribution is 7.27. The maximum atomic E-state index is 2.40. The molecule has 3 heteroatoms. The molecule has 0 aliphatic rings. The van der Waals surface area contributed by atoms with Gasteiger partial charge in [0.15, 0.2) is 0 Å². The van der Waals surface area contributed by atoms with Crippen molar-refractivity contribution in [2.24, 2.45) is 0 Å². The highest BCUT2D eigenvalue weighted by Crippen LogP contribution is 2.48. The molecule has 2 aromatic carbocycles. The predicted molar refractivity (Wildman–Crippen MR) is 134 cm³/mol. The van der Waals surface area contributed by atoms with Gasteiger partial charge in [-0.25, -0.2) is 0 Å². The van der Waals surface area contributed by atoms with E-state index in [1.807, 2.05) is 34.0 Å². The third kappa shape index (κ3) is 3.79. The zero-order chi connectivity index (χ0) is 19.6. The average molecular weight is 433 g/mol. The van der Waals surface area contributed by atoms with Crippen LogP contribution >= 0.6 is 34.0 Å². The highest BCUT2D eigenvalue weighted by atomic mass is 32.1. The first-order chi connectivity index (χ1) is 14.3. The molecule has 0 aliphatic heterocycles. The molecule has 0 spiro atoms. The fraction of sp³-hybridized carbons (Fsp3) is 0.231. The molecule has 0 N–H and O–H groups in total. The quantitative estimate of drug-likeness (QED) is 0.224. The zero-order valence-corrected chi connectivity index (χ0v) is 19.1. The summed E-state index contributed by atoms with van der Waals surface area (Å²) in [4.78, 5) is 7.16. The summed E-state index contributed by atoms with van der Waals surface area (Å²) < 4.78 is 0. The molecular formula is C26H24S3. The largest absolute Gasteiger partial charge is 0.143 e. The van der Waals surface area contributed by atoms with Gasteiger partial charge in [0.2, 0.25) is 0 Å². The van der Waals surface area contributed by atoms with Crippen LogP contribution in [0, 0.1) is 0 Å². The first-order valence-electron chi connectivity index (χ1n) is 10.4. The lowest BCUT2D eigenvalue weighted by Crippen LogP contribution is -1.80. The van der Waals surface area contributed by atoms with Gasteiger partial charge in [0.25, 0.3) is 0 Å². The van der Waals surface area contributed by atoms with Crippen LogP contribution in [-0.2, 0) is 6.42 Å². The van der Waals surface area contributed by atoms with Crippen molar-refractivity contribution in [3.05, 3.63) is 70.9 Å². The van der Waals surface area contributed by atoms with E-state index < -0.39 is 0 Å². The molecule has 0 fully saturated rings. The summed E-state index contributed by atoms with van der Waals surface area (Å²) >= 11 is 5.79. The van der Waals surface area contributed by atoms with Crippen LogP contribution in [-0.4, -0.2) is 0 Å². The van der Waals surface area contributed by atoms with Gasteiger partial charge in [0.1, 0.15) is 0 Å². The van der Waals surface area contributed by atoms with E-state index in [4.69, 9.17) is 0 Å². The lowest BCUT2D eigenvalue weighted by molar-refractivity contribution is 0.670. The molecule has 0 radical (unpaired) electrons. The maximum Gasteiger partial charge on any atom is 0.0528 e. The second-order valence-corrected chi connectivity index (χ2v) is 10.7. The summed E-state index contributed by atoms with van der Waals surface area (Å²) in [5.74, 6) is 0. The number of hydrogen-bond donors (Lipinski definition) is 0. The molecule has 0 nitrogen and oxygen atoms in total. The third-order valence-corrected chi connectivity index (χ3v) is 9.08. The smallest absolute Gasteiger partial charge is 0.0528 e. The van der Waals surface area contributed by atoms with Crippen LogP contribution in [0.4, 0.5) is 0 Å². The van der Waals surface area contributed by atoms with E-state index >= 15 is 0 Å². The first kappa shape index (κ1) is 19.0. The van der Waals surface area contributed by atoms with Crippen molar-refractivity contribution in [1.29, 1.82) is 0 Å². The van der Waals surface area contributed by atoms with Gasteiger partial charge in [-0.05, 0) is 59.3 Å². The second kappa shape index (κ2) is 8.43. The van der Waals surface area contributed by atoms with Crippen LogP contribution in [0.15, 0.2) is 66.0 Å². The fourth-order valence-electron chi connectivity index (χ4n) is 3.96. The van der Waals surface area contributed by atoms with E-state index in [0.29, 0.717) is 0 Å². The molecule has 0 aliphatic carbocycles. The van der Waals surface area contributed by atoms with Gasteiger partial charge in [0, 0.05) is 25.4 Å². The van der Waals surface area contributed by atoms with Gasteiger partial charge in [-0.15, -0.1) is 34.0 Å². The van der Waals surface area contributed by atoms with Crippen LogP contribution in [0.3, 0.4) is 0 Å². The standard InChI is InChI=1S/C26H24S3/c1-2-3-4-5-11-20-13-14-24(28-20)26-22-17-19-10-7-6-9-18(19)16-21(22)25(29-26)23-12-8-15-27-23/h6-10,12-17H,2-5,11H2,1H3. The fourth-order valence-corrected chi connectivity index (χ4v) is 7.26. The Hall–Kier alpha value is -1.94. The Morgan fingerprint density at radius 1 is 0.690 bits per heavy atom. The third-order valence-electron chi connectivity index (χ3n) is 5.49. The average Bonchev–Trinajstić information content (AvgIpc) is 3.49. The van der Waals surface area contributed by atoms with Crippen molar-refractivity contribution in [3.63, 3.8) is 0 Å². The van der Waals surface area contributed by atoms with Crippen molar-refractivity contribution >= 4 is 55.6 Å². The van der Waals surface area contributed by atoms with Gasteiger partial charge >= 0.3 is 0 Å². The summed E-state index contributed by atoms with van der Waals surface area (Å²) in [6, 6.07) is 22.6. The van der Waals surface area contributed by atoms with E-state index in [0.717, 1.165) is 0 Å². The molecule has 3 aromatic heterocycles. The summed E-state index contributed by atoms with van der Waals surface area (Å²) in [6.07, 6.45) is 6.53. The minimum absolute atomic E-state index is 1.22. The SMILES string of the molecule is CCCCCCc1ccc(-c2sc(-c3cccs3)c3cc4ccccc4cc23)s1. The number of thiophene rings is 3. The van der Waals surface area contributed by atoms with Crippen molar-refractivity contribution in [1.82, 2.24) is 0 Å². The highest BCUT2D eigenvalue weighted by Gasteiger charge is 2.17. The molecule has 3 heterocycles. The van der Waals surface area contributed by atoms with Crippen LogP contribution in [0.2, 0.25) is 0 Å². The Kier molecular flexibility index (Phi) is 5.54. The van der Waals surface area contributed by atoms with Crippen LogP contribution < -0.4 is 0 Å². The van der Waals surface area contributed by atoms with E-state index in [1.54, 1.807) is 0 Å². The molecule has 0 saturated heterocycles. The molecule has 0 unspecified atom stereocenters. The summed E-state index contributed by atoms with van der Waals surface area (Å²) in [5.41, 5.74) is 0. The van der Waals surface area contributed by atoms with Crippen LogP contribution in [0.1, 0.15) is 37.5 Å². The molecule has 146 valence electrons. The van der Waals surface area contributed by atoms with Gasteiger partial charge in [0.05, 0.1) is 9.75 Å². The lowest BCUT2D eigenvalue weighted by Gasteiger charge is -2.01. The molecule has 0 saturated carbocycles. The van der Waals surface area contributed by atoms with E-state index in [2.05, 4.69) is 73.0 Å². The summed E-state index contributed by atoms with van der Waals surface area (Å²) in [5, 5.41) is 7.62. The molecule has 0 amide bonds. The minimum atomic E-state index is 1.22. The topological polar surface area (TPSA) is 0 Å². The Morgan fingerprint density at radius 3 is 2.14 bits per heavy atom. The normalized spacial score (nSPS) is 11.6. The molecular weight excluding hydrogens is 408 g/mol. The molecule has 0 atom stereocenters. The van der Waals surface area contributed by atoms with E-state index in [-0.39, 0.29) is 0 Å². The number of fused-ring (bicyclic) bond motifs is 2. The number of benzene rings is 2. The monoisotopic (exact) mass is 432 g/mol. The first-order valence-corrected chi connectivity index (χ1v) is 12.9. The molecule has 5 aromatic rings. The Balaban J connectivity index is 1.60. The lowest BCUT2D eigenvalue weighted by atomic mass is 10.0. The van der Waals surface area contributed by atoms with E-state index in [9.17, 15) is 0 Å². The predicted octanol–water partition coefficient (Wildman–Crippen LogP) is 9.63. The Bertz CT molecular complexity index is 1240. The molecule has 29 heavy (non-hydrogen) atoms. The van der Waals surface area contributed by atoms with E-state index in [1.165, 1.54) is 78.0 Å². The maximum absolute atomic E-state index is 2.40. The zero-order valence-electron chi connectivity index (χ0n) is 16.6. The van der Waals surface area contributed by atoms with Gasteiger partial charge in [-0.2, -0.15) is 0 Å². The number of hydrogen-bond acceptors (Lipinski definition) is 3. The number of unbranched alkanes of at least 4 members (excludes halogenated alkanes) is 3. The minimum Gasteiger partial charge on any atom is -0.143 e. The van der Waals surface area contributed by atoms with Crippen LogP contribution in [0.25, 0.3) is 41.1 Å². The van der Waals surface area contributed by atoms with Crippen LogP contribution in [0.5, 0.6) is 0 Å². The Morgan fingerprint density at radius 2 is 1.45 bits per heavy atom. The second-order valence-electron chi connectivity index (χ2n) is 7.56. The summed E-state index contributed by atoms with van der Waals surface area (Å²) in [7, 11) is 0.